The highest BCUT2D eigenvalue weighted by Gasteiger charge is 2.29. The Morgan fingerprint density at radius 3 is 0.653 bits per heavy atom. The average molecular weight is 1930 g/mol. The van der Waals surface area contributed by atoms with Crippen LogP contribution in [0.5, 0.6) is 17.2 Å². The lowest BCUT2D eigenvalue weighted by molar-refractivity contribution is 0.0967. The molecule has 0 aliphatic carbocycles. The maximum Gasteiger partial charge on any atom is 0.415 e. The van der Waals surface area contributed by atoms with Crippen molar-refractivity contribution in [2.75, 3.05) is 81.6 Å². The fourth-order valence-electron chi connectivity index (χ4n) is 19.4. The van der Waals surface area contributed by atoms with Crippen molar-refractivity contribution in [1.29, 1.82) is 0 Å². The average Bonchev–Trinajstić information content (AvgIpc) is 0.751. The van der Waals surface area contributed by atoms with E-state index in [-0.39, 0.29) is 136 Å². The molecular formula is C116H106N10O18. The fourth-order valence-corrected chi connectivity index (χ4v) is 19.4. The third kappa shape index (κ3) is 20.3. The minimum absolute atomic E-state index is 0.0247. The summed E-state index contributed by atoms with van der Waals surface area (Å²) in [5.41, 5.74) is 7.11. The molecule has 19 aromatic rings. The van der Waals surface area contributed by atoms with Crippen LogP contribution in [0.25, 0.3) is 129 Å². The van der Waals surface area contributed by atoms with E-state index in [0.29, 0.717) is 23.2 Å². The zero-order chi connectivity index (χ0) is 100. The number of carbonyl (C=O) groups excluding carboxylic acids is 9. The van der Waals surface area contributed by atoms with E-state index in [9.17, 15) is 43.2 Å². The van der Waals surface area contributed by atoms with Crippen molar-refractivity contribution in [3.8, 4) is 17.2 Å². The summed E-state index contributed by atoms with van der Waals surface area (Å²) >= 11 is 0. The third-order valence-electron chi connectivity index (χ3n) is 26.8. The van der Waals surface area contributed by atoms with Crippen LogP contribution in [0.2, 0.25) is 0 Å². The molecule has 0 radical (unpaired) electrons. The first kappa shape index (κ1) is 95.6. The predicted octanol–water partition coefficient (Wildman–Crippen LogP) is 23.0. The number of aryl methyl sites for hydroxylation is 3. The first-order valence-electron chi connectivity index (χ1n) is 47.6. The quantitative estimate of drug-likeness (QED) is 0.0193. The molecule has 728 valence electrons. The van der Waals surface area contributed by atoms with Gasteiger partial charge in [-0.2, -0.15) is 0 Å². The summed E-state index contributed by atoms with van der Waals surface area (Å²) in [7, 11) is 9.16. The van der Waals surface area contributed by atoms with E-state index in [2.05, 4.69) is 172 Å². The van der Waals surface area contributed by atoms with Crippen LogP contribution in [0.3, 0.4) is 0 Å². The van der Waals surface area contributed by atoms with Crippen molar-refractivity contribution in [3.63, 3.8) is 0 Å². The number of likely N-dealkylation sites (N-methyl/N-ethyl adjacent to an activating group) is 6. The molecule has 28 heteroatoms. The first-order valence-corrected chi connectivity index (χ1v) is 47.6. The topological polar surface area (TPSA) is 313 Å². The monoisotopic (exact) mass is 1930 g/mol. The molecule has 144 heavy (non-hydrogen) atoms. The number of hydrogen-bond acceptors (Lipinski definition) is 19. The molecule has 0 aromatic heterocycles. The van der Waals surface area contributed by atoms with Gasteiger partial charge in [0.2, 0.25) is 0 Å². The summed E-state index contributed by atoms with van der Waals surface area (Å²) in [6.07, 6.45) is -7.17. The second-order valence-electron chi connectivity index (χ2n) is 36.7. The van der Waals surface area contributed by atoms with Gasteiger partial charge in [0.15, 0.2) is 0 Å². The van der Waals surface area contributed by atoms with E-state index >= 15 is 0 Å². The molecule has 0 fully saturated rings. The molecule has 0 heterocycles. The van der Waals surface area contributed by atoms with E-state index in [0.717, 1.165) is 152 Å². The Kier molecular flexibility index (Phi) is 27.7. The van der Waals surface area contributed by atoms with Crippen molar-refractivity contribution < 1.29 is 85.8 Å². The number of nitrogens with one attached hydrogen (secondary N) is 5. The van der Waals surface area contributed by atoms with Crippen molar-refractivity contribution in [2.24, 2.45) is 0 Å². The van der Waals surface area contributed by atoms with Crippen molar-refractivity contribution >= 4 is 184 Å². The van der Waals surface area contributed by atoms with Crippen LogP contribution in [-0.2, 0) is 94.2 Å². The second-order valence-corrected chi connectivity index (χ2v) is 36.7. The number of carbonyl (C=O) groups is 9. The van der Waals surface area contributed by atoms with Gasteiger partial charge in [0.05, 0.1) is 0 Å². The van der Waals surface area contributed by atoms with Gasteiger partial charge in [-0.1, -0.05) is 235 Å². The van der Waals surface area contributed by atoms with Gasteiger partial charge >= 0.3 is 54.8 Å². The maximum atomic E-state index is 14.5. The number of benzene rings is 19. The second kappa shape index (κ2) is 41.6. The highest BCUT2D eigenvalue weighted by Crippen LogP contribution is 2.43. The number of rotatable bonds is 32. The van der Waals surface area contributed by atoms with Crippen molar-refractivity contribution in [2.45, 2.75) is 86.6 Å². The van der Waals surface area contributed by atoms with Gasteiger partial charge in [0.25, 0.3) is 0 Å². The Balaban J connectivity index is 0.494. The fraction of sp³-hybridized carbons (Fsp3) is 0.216. The molecule has 0 spiro atoms. The van der Waals surface area contributed by atoms with Gasteiger partial charge in [-0.05, 0) is 216 Å². The van der Waals surface area contributed by atoms with Crippen molar-refractivity contribution in [3.05, 3.63) is 327 Å². The minimum atomic E-state index is -0.874. The van der Waals surface area contributed by atoms with Crippen molar-refractivity contribution in [1.82, 2.24) is 51.1 Å². The Labute approximate surface area is 828 Å². The molecule has 0 unspecified atom stereocenters. The van der Waals surface area contributed by atoms with E-state index in [1.54, 1.807) is 57.4 Å². The van der Waals surface area contributed by atoms with Gasteiger partial charge in [0, 0.05) is 134 Å². The minimum Gasteiger partial charge on any atom is -0.445 e. The molecule has 0 aliphatic heterocycles. The third-order valence-corrected chi connectivity index (χ3v) is 26.8. The summed E-state index contributed by atoms with van der Waals surface area (Å²) in [5.74, 6) is -0.0944. The molecule has 0 saturated heterocycles. The smallest absolute Gasteiger partial charge is 0.415 e. The summed E-state index contributed by atoms with van der Waals surface area (Å²) in [6.45, 7) is 3.83. The van der Waals surface area contributed by atoms with E-state index in [4.69, 9.17) is 42.6 Å². The number of hydrogen-bond donors (Lipinski definition) is 5. The molecule has 0 bridgehead atoms. The normalized spacial score (nSPS) is 11.5. The highest BCUT2D eigenvalue weighted by molar-refractivity contribution is 6.27. The van der Waals surface area contributed by atoms with Gasteiger partial charge in [-0.25, -0.2) is 43.2 Å². The maximum absolute atomic E-state index is 14.5. The zero-order valence-electron chi connectivity index (χ0n) is 81.1. The first-order chi connectivity index (χ1) is 69.8. The summed E-state index contributed by atoms with van der Waals surface area (Å²) in [6, 6.07) is 84.3. The van der Waals surface area contributed by atoms with Crippen LogP contribution in [0.4, 0.5) is 43.2 Å². The van der Waals surface area contributed by atoms with Crippen LogP contribution in [-0.4, -0.2) is 161 Å². The summed E-state index contributed by atoms with van der Waals surface area (Å²) in [5, 5.41) is 40.7. The lowest BCUT2D eigenvalue weighted by Crippen LogP contribution is -2.39. The molecular weight excluding hydrogens is 1820 g/mol. The van der Waals surface area contributed by atoms with Crippen LogP contribution >= 0.6 is 0 Å². The Bertz CT molecular complexity index is 7320. The van der Waals surface area contributed by atoms with Gasteiger partial charge in [-0.15, -0.1) is 0 Å². The van der Waals surface area contributed by atoms with Crippen LogP contribution in [0.1, 0.15) is 72.3 Å². The number of amides is 9. The van der Waals surface area contributed by atoms with E-state index in [1.807, 2.05) is 86.6 Å². The van der Waals surface area contributed by atoms with Crippen LogP contribution < -0.4 is 40.8 Å². The molecule has 0 saturated carbocycles. The number of ether oxygens (including phenoxy) is 9. The lowest BCUT2D eigenvalue weighted by Gasteiger charge is -2.24. The Hall–Kier alpha value is -17.3. The zero-order valence-corrected chi connectivity index (χ0v) is 81.1. The summed E-state index contributed by atoms with van der Waals surface area (Å²) < 4.78 is 54.0. The molecule has 19 rings (SSSR count). The Morgan fingerprint density at radius 1 is 0.229 bits per heavy atom. The standard InChI is InChI=1S/C116H106N10O18/c1-68-52-87(62-136-108(127)118-58-83-34-30-79-26-22-71-14-10-18-75-38-42-93(83)101(79)97(71)75)105(88(53-68)63-137-109(128)119-59-84-35-31-80-27-23-72-15-11-19-76-39-43-94(84)102(80)98(72)76)143-115(134)125(8)50-48-123(6)112(131)140-66-91-56-70(3)57-92(107(91)142-114(133)122(5)47-46-117-4)67-141-113(132)124(7)49-51-126(9)116(135)144-106-89(64-138-110(129)120-60-85-36-32-81-28-24-73-16-12-20-77-40-44-95(85)103(81)99(73)77)54-69(2)55-90(106)65-139-111(130)121-61-86-37-33-82-29-25-74-17-13-21-78-41-45-96(86)104(82)100(74)78/h10-45,52-57,117H,46-51,58-67H2,1-9H3,(H,118,127)(H,119,128)(H,120,129)(H,121,130). The van der Waals surface area contributed by atoms with Crippen LogP contribution in [0, 0.1) is 20.8 Å². The molecule has 0 aliphatic rings. The molecule has 0 atom stereocenters. The molecule has 5 N–H and O–H groups in total. The SMILES string of the molecule is CNCCN(C)C(=O)Oc1c(COC(=O)N(C)CCN(C)C(=O)Oc2c(COC(=O)NCc3ccc4ccc5cccc6ccc3c4c56)cc(C)cc2COC(=O)NCc2ccc3ccc4cccc5ccc2c3c45)cc(C)cc1COC(=O)N(C)CCN(C)C(=O)Oc1c(COC(=O)NCc2ccc3ccc4cccc5ccc2c3c45)cc(C)cc1COC(=O)NCc1ccc2ccc3cccc4ccc1c2c34. The van der Waals surface area contributed by atoms with Gasteiger partial charge in [-0.3, -0.25) is 0 Å². The van der Waals surface area contributed by atoms with E-state index in [1.165, 1.54) is 52.7 Å². The number of alkyl carbamates (subject to hydrolysis) is 4. The molecule has 19 aromatic carbocycles. The lowest BCUT2D eigenvalue weighted by atomic mass is 9.92. The Morgan fingerprint density at radius 2 is 0.424 bits per heavy atom. The molecule has 28 nitrogen and oxygen atoms in total. The highest BCUT2D eigenvalue weighted by atomic mass is 16.6. The van der Waals surface area contributed by atoms with Crippen LogP contribution in [0.15, 0.2) is 255 Å². The number of nitrogens with zero attached hydrogens (tertiary/aromatic N) is 5. The predicted molar refractivity (Wildman–Crippen MR) is 558 cm³/mol. The van der Waals surface area contributed by atoms with Gasteiger partial charge in [0.1, 0.15) is 56.9 Å². The van der Waals surface area contributed by atoms with E-state index < -0.39 is 68.1 Å². The summed E-state index contributed by atoms with van der Waals surface area (Å²) in [4.78, 5) is 133. The molecule has 9 amide bonds. The van der Waals surface area contributed by atoms with Gasteiger partial charge < -0.3 is 93.7 Å². The largest absolute Gasteiger partial charge is 0.445 e.